The van der Waals surface area contributed by atoms with Crippen molar-refractivity contribution in [1.82, 2.24) is 4.72 Å². The van der Waals surface area contributed by atoms with Crippen LogP contribution in [0.4, 0.5) is 0 Å². The van der Waals surface area contributed by atoms with Crippen LogP contribution in [0.15, 0.2) is 0 Å². The molecule has 0 aromatic carbocycles. The Balaban J connectivity index is 2.30. The fraction of sp³-hybridized carbons (Fsp3) is 1.00. The first-order valence-corrected chi connectivity index (χ1v) is 6.77. The van der Waals surface area contributed by atoms with E-state index in [1.807, 2.05) is 6.92 Å². The summed E-state index contributed by atoms with van der Waals surface area (Å²) < 4.78 is 25.2. The average molecular weight is 256 g/mol. The molecule has 1 atom stereocenters. The molecule has 1 fully saturated rings. The Bertz CT molecular complexity index is 236. The molecule has 5 heteroatoms. The quantitative estimate of drug-likeness (QED) is 0.749. The van der Waals surface area contributed by atoms with E-state index in [0.29, 0.717) is 12.5 Å². The van der Waals surface area contributed by atoms with Gasteiger partial charge in [-0.15, -0.1) is 0 Å². The zero-order valence-electron chi connectivity index (χ0n) is 7.09. The third kappa shape index (κ3) is 3.03. The predicted molar refractivity (Wildman–Crippen MR) is 52.9 cm³/mol. The number of sulfonamides is 1. The lowest BCUT2D eigenvalue weighted by Gasteiger charge is -2.08. The van der Waals surface area contributed by atoms with Gasteiger partial charge in [0.2, 0.25) is 10.0 Å². The van der Waals surface area contributed by atoms with Crippen LogP contribution in [0.5, 0.6) is 0 Å². The van der Waals surface area contributed by atoms with Crippen molar-refractivity contribution in [3.63, 3.8) is 0 Å². The Morgan fingerprint density at radius 3 is 2.58 bits per heavy atom. The second-order valence-corrected chi connectivity index (χ2v) is 6.05. The molecular formula is C7H14BrNO2S. The van der Waals surface area contributed by atoms with Crippen LogP contribution in [0.1, 0.15) is 19.8 Å². The predicted octanol–water partition coefficient (Wildman–Crippen LogP) is 1.10. The highest BCUT2D eigenvalue weighted by atomic mass is 79.9. The normalized spacial score (nSPS) is 20.8. The van der Waals surface area contributed by atoms with E-state index in [0.717, 1.165) is 18.2 Å². The molecule has 0 aromatic rings. The Morgan fingerprint density at radius 2 is 2.17 bits per heavy atom. The maximum absolute atomic E-state index is 11.3. The van der Waals surface area contributed by atoms with Crippen LogP contribution < -0.4 is 4.72 Å². The lowest BCUT2D eigenvalue weighted by atomic mass is 10.2. The van der Waals surface area contributed by atoms with Crippen molar-refractivity contribution in [2.75, 3.05) is 11.9 Å². The molecule has 1 saturated carbocycles. The lowest BCUT2D eigenvalue weighted by molar-refractivity contribution is 0.562. The van der Waals surface area contributed by atoms with Gasteiger partial charge < -0.3 is 0 Å². The summed E-state index contributed by atoms with van der Waals surface area (Å²) in [6.07, 6.45) is 1.66. The molecule has 12 heavy (non-hydrogen) atoms. The minimum Gasteiger partial charge on any atom is -0.215 e. The van der Waals surface area contributed by atoms with Gasteiger partial charge in [-0.25, -0.2) is 13.1 Å². The minimum absolute atomic E-state index is 0.0972. The van der Waals surface area contributed by atoms with Crippen LogP contribution in [-0.4, -0.2) is 25.5 Å². The topological polar surface area (TPSA) is 46.2 Å². The van der Waals surface area contributed by atoms with Gasteiger partial charge in [0.15, 0.2) is 0 Å². The van der Waals surface area contributed by atoms with Crippen LogP contribution in [-0.2, 0) is 10.0 Å². The Kier molecular flexibility index (Phi) is 3.55. The van der Waals surface area contributed by atoms with E-state index in [2.05, 4.69) is 20.7 Å². The standard InChI is InChI=1S/C7H14BrNO2S/c1-6(4-8)5-9-12(10,11)7-2-3-7/h6-7,9H,2-5H2,1H3. The molecular weight excluding hydrogens is 242 g/mol. The maximum atomic E-state index is 11.3. The van der Waals surface area contributed by atoms with Gasteiger partial charge in [-0.05, 0) is 18.8 Å². The van der Waals surface area contributed by atoms with Crippen molar-refractivity contribution in [3.05, 3.63) is 0 Å². The first-order valence-electron chi connectivity index (χ1n) is 4.10. The van der Waals surface area contributed by atoms with Crippen molar-refractivity contribution in [1.29, 1.82) is 0 Å². The molecule has 0 bridgehead atoms. The van der Waals surface area contributed by atoms with Crippen LogP contribution >= 0.6 is 15.9 Å². The highest BCUT2D eigenvalue weighted by Gasteiger charge is 2.35. The first kappa shape index (κ1) is 10.5. The van der Waals surface area contributed by atoms with Crippen molar-refractivity contribution >= 4 is 26.0 Å². The molecule has 0 aromatic heterocycles. The highest BCUT2D eigenvalue weighted by molar-refractivity contribution is 9.09. The van der Waals surface area contributed by atoms with Crippen LogP contribution in [0.25, 0.3) is 0 Å². The summed E-state index contributed by atoms with van der Waals surface area (Å²) >= 11 is 3.30. The SMILES string of the molecule is CC(CBr)CNS(=O)(=O)C1CC1. The molecule has 1 N–H and O–H groups in total. The van der Waals surface area contributed by atoms with E-state index < -0.39 is 10.0 Å². The Labute approximate surface area is 82.1 Å². The third-order valence-corrected chi connectivity index (χ3v) is 4.88. The Hall–Kier alpha value is 0.390. The second kappa shape index (κ2) is 4.07. The molecule has 3 nitrogen and oxygen atoms in total. The number of halogens is 1. The minimum atomic E-state index is -2.96. The molecule has 72 valence electrons. The first-order chi connectivity index (χ1) is 5.56. The highest BCUT2D eigenvalue weighted by Crippen LogP contribution is 2.27. The molecule has 0 amide bonds. The molecule has 1 rings (SSSR count). The summed E-state index contributed by atoms with van der Waals surface area (Å²) in [7, 11) is -2.96. The van der Waals surface area contributed by atoms with Crippen LogP contribution in [0.3, 0.4) is 0 Å². The average Bonchev–Trinajstić information content (AvgIpc) is 2.82. The molecule has 0 spiro atoms. The van der Waals surface area contributed by atoms with E-state index in [9.17, 15) is 8.42 Å². The van der Waals surface area contributed by atoms with Gasteiger partial charge in [-0.3, -0.25) is 0 Å². The number of rotatable bonds is 5. The van der Waals surface area contributed by atoms with E-state index >= 15 is 0 Å². The summed E-state index contributed by atoms with van der Waals surface area (Å²) in [6, 6.07) is 0. The van der Waals surface area contributed by atoms with Gasteiger partial charge in [0.25, 0.3) is 0 Å². The van der Waals surface area contributed by atoms with Gasteiger partial charge in [0, 0.05) is 11.9 Å². The Morgan fingerprint density at radius 1 is 1.58 bits per heavy atom. The summed E-state index contributed by atoms with van der Waals surface area (Å²) in [5, 5.41) is 0.736. The molecule has 1 aliphatic carbocycles. The molecule has 0 radical (unpaired) electrons. The van der Waals surface area contributed by atoms with E-state index in [1.165, 1.54) is 0 Å². The molecule has 0 saturated heterocycles. The smallest absolute Gasteiger partial charge is 0.214 e. The number of nitrogens with one attached hydrogen (secondary N) is 1. The summed E-state index contributed by atoms with van der Waals surface area (Å²) in [6.45, 7) is 2.55. The molecule has 0 aliphatic heterocycles. The van der Waals surface area contributed by atoms with Crippen molar-refractivity contribution in [2.24, 2.45) is 5.92 Å². The van der Waals surface area contributed by atoms with E-state index in [4.69, 9.17) is 0 Å². The largest absolute Gasteiger partial charge is 0.215 e. The van der Waals surface area contributed by atoms with Gasteiger partial charge in [0.05, 0.1) is 5.25 Å². The maximum Gasteiger partial charge on any atom is 0.214 e. The van der Waals surface area contributed by atoms with Gasteiger partial charge in [0.1, 0.15) is 0 Å². The van der Waals surface area contributed by atoms with Crippen molar-refractivity contribution in [3.8, 4) is 0 Å². The number of alkyl halides is 1. The third-order valence-electron chi connectivity index (χ3n) is 1.86. The lowest BCUT2D eigenvalue weighted by Crippen LogP contribution is -2.31. The fourth-order valence-corrected chi connectivity index (χ4v) is 2.55. The van der Waals surface area contributed by atoms with Gasteiger partial charge in [-0.1, -0.05) is 22.9 Å². The van der Waals surface area contributed by atoms with Crippen LogP contribution in [0, 0.1) is 5.92 Å². The second-order valence-electron chi connectivity index (χ2n) is 3.35. The summed E-state index contributed by atoms with van der Waals surface area (Å²) in [4.78, 5) is 0. The van der Waals surface area contributed by atoms with Crippen molar-refractivity contribution < 1.29 is 8.42 Å². The molecule has 1 aliphatic rings. The zero-order chi connectivity index (χ0) is 9.19. The van der Waals surface area contributed by atoms with Gasteiger partial charge >= 0.3 is 0 Å². The molecule has 0 heterocycles. The van der Waals surface area contributed by atoms with Crippen molar-refractivity contribution in [2.45, 2.75) is 25.0 Å². The number of hydrogen-bond acceptors (Lipinski definition) is 2. The van der Waals surface area contributed by atoms with Gasteiger partial charge in [-0.2, -0.15) is 0 Å². The number of hydrogen-bond donors (Lipinski definition) is 1. The summed E-state index contributed by atoms with van der Waals surface area (Å²) in [5.74, 6) is 0.360. The van der Waals surface area contributed by atoms with E-state index in [-0.39, 0.29) is 5.25 Å². The van der Waals surface area contributed by atoms with Crippen LogP contribution in [0.2, 0.25) is 0 Å². The zero-order valence-corrected chi connectivity index (χ0v) is 9.49. The molecule has 1 unspecified atom stereocenters. The monoisotopic (exact) mass is 255 g/mol. The summed E-state index contributed by atoms with van der Waals surface area (Å²) in [5.41, 5.74) is 0. The fourth-order valence-electron chi connectivity index (χ4n) is 0.809. The van der Waals surface area contributed by atoms with E-state index in [1.54, 1.807) is 0 Å².